The lowest BCUT2D eigenvalue weighted by atomic mass is 9.95. The molecule has 0 aliphatic rings. The molecule has 3 aromatic carbocycles. The summed E-state index contributed by atoms with van der Waals surface area (Å²) in [4.78, 5) is 31.7. The second kappa shape index (κ2) is 12.5. The molecule has 0 radical (unpaired) electrons. The Kier molecular flexibility index (Phi) is 8.38. The van der Waals surface area contributed by atoms with E-state index in [9.17, 15) is 9.59 Å². The average molecular weight is 567 g/mol. The molecule has 0 N–H and O–H groups in total. The van der Waals surface area contributed by atoms with Crippen LogP contribution in [0.4, 0.5) is 0 Å². The molecule has 0 atom stereocenters. The molecular weight excluding hydrogens is 536 g/mol. The number of ether oxygens (including phenoxy) is 5. The zero-order valence-corrected chi connectivity index (χ0v) is 23.7. The number of hydrogen-bond donors (Lipinski definition) is 0. The highest BCUT2D eigenvalue weighted by atomic mass is 16.5. The summed E-state index contributed by atoms with van der Waals surface area (Å²) in [6.07, 6.45) is 3.27. The van der Waals surface area contributed by atoms with E-state index in [1.165, 1.54) is 33.0 Å². The van der Waals surface area contributed by atoms with Gasteiger partial charge in [0.25, 0.3) is 5.56 Å². The van der Waals surface area contributed by atoms with Crippen LogP contribution in [0.1, 0.15) is 21.6 Å². The van der Waals surface area contributed by atoms with Crippen molar-refractivity contribution in [1.82, 2.24) is 9.55 Å². The standard InChI is InChI=1S/C33H30N2O7/c1-38-27-16-23(17-28(39-2)31(27)40-3)29-25-11-10-24(42-20-22-8-6-5-7-9-22)18-26(25)32(36)35(30(29)33(37)41-4)19-21-12-14-34-15-13-21/h5-18H,19-20H2,1-4H3. The SMILES string of the molecule is COC(=O)c1c(-c2cc(OC)c(OC)c(OC)c2)c2ccc(OCc3ccccc3)cc2c(=O)n1Cc1ccncc1. The van der Waals surface area contributed by atoms with E-state index in [4.69, 9.17) is 23.7 Å². The van der Waals surface area contributed by atoms with Crippen LogP contribution >= 0.6 is 0 Å². The molecule has 0 bridgehead atoms. The van der Waals surface area contributed by atoms with E-state index in [0.29, 0.717) is 51.5 Å². The fraction of sp³-hybridized carbons (Fsp3) is 0.182. The molecule has 2 aromatic heterocycles. The van der Waals surface area contributed by atoms with Gasteiger partial charge in [-0.25, -0.2) is 4.79 Å². The van der Waals surface area contributed by atoms with Crippen LogP contribution in [0.25, 0.3) is 21.9 Å². The highest BCUT2D eigenvalue weighted by Gasteiger charge is 2.26. The molecule has 9 heteroatoms. The van der Waals surface area contributed by atoms with Gasteiger partial charge in [-0.1, -0.05) is 30.3 Å². The molecule has 0 amide bonds. The van der Waals surface area contributed by atoms with Gasteiger partial charge in [0, 0.05) is 18.0 Å². The van der Waals surface area contributed by atoms with Gasteiger partial charge >= 0.3 is 5.97 Å². The Bertz CT molecular complexity index is 1760. The molecule has 0 saturated heterocycles. The van der Waals surface area contributed by atoms with E-state index in [1.807, 2.05) is 30.3 Å². The molecule has 2 heterocycles. The Morgan fingerprint density at radius 1 is 0.786 bits per heavy atom. The topological polar surface area (TPSA) is 98.1 Å². The number of carbonyl (C=O) groups is 1. The summed E-state index contributed by atoms with van der Waals surface area (Å²) in [7, 11) is 5.83. The predicted octanol–water partition coefficient (Wildman–Crippen LogP) is 5.50. The number of carbonyl (C=O) groups excluding carboxylic acids is 1. The van der Waals surface area contributed by atoms with Gasteiger partial charge in [-0.3, -0.25) is 14.3 Å². The molecule has 9 nitrogen and oxygen atoms in total. The predicted molar refractivity (Wildman–Crippen MR) is 159 cm³/mol. The number of aromatic nitrogens is 2. The maximum atomic E-state index is 14.1. The van der Waals surface area contributed by atoms with Gasteiger partial charge in [0.15, 0.2) is 11.5 Å². The van der Waals surface area contributed by atoms with Crippen LogP contribution in [-0.2, 0) is 17.9 Å². The van der Waals surface area contributed by atoms with Crippen molar-refractivity contribution >= 4 is 16.7 Å². The molecule has 5 rings (SSSR count). The normalized spacial score (nSPS) is 10.8. The number of nitrogens with zero attached hydrogens (tertiary/aromatic N) is 2. The Morgan fingerprint density at radius 3 is 2.10 bits per heavy atom. The fourth-order valence-corrected chi connectivity index (χ4v) is 4.91. The van der Waals surface area contributed by atoms with Crippen molar-refractivity contribution in [3.05, 3.63) is 112 Å². The van der Waals surface area contributed by atoms with Gasteiger partial charge in [0.05, 0.1) is 40.4 Å². The molecule has 0 spiro atoms. The number of esters is 1. The molecule has 214 valence electrons. The lowest BCUT2D eigenvalue weighted by molar-refractivity contribution is 0.0588. The third kappa shape index (κ3) is 5.49. The fourth-order valence-electron chi connectivity index (χ4n) is 4.91. The molecule has 0 unspecified atom stereocenters. The zero-order chi connectivity index (χ0) is 29.6. The minimum Gasteiger partial charge on any atom is -0.493 e. The first-order chi connectivity index (χ1) is 20.5. The minimum atomic E-state index is -0.670. The van der Waals surface area contributed by atoms with E-state index in [0.717, 1.165) is 11.1 Å². The van der Waals surface area contributed by atoms with Gasteiger partial charge in [-0.05, 0) is 64.5 Å². The van der Waals surface area contributed by atoms with Crippen LogP contribution in [0.2, 0.25) is 0 Å². The Morgan fingerprint density at radius 2 is 1.48 bits per heavy atom. The monoisotopic (exact) mass is 566 g/mol. The third-order valence-electron chi connectivity index (χ3n) is 6.91. The highest BCUT2D eigenvalue weighted by Crippen LogP contribution is 2.43. The van der Waals surface area contributed by atoms with Crippen molar-refractivity contribution in [2.24, 2.45) is 0 Å². The van der Waals surface area contributed by atoms with Gasteiger partial charge in [-0.15, -0.1) is 0 Å². The lowest BCUT2D eigenvalue weighted by Crippen LogP contribution is -2.28. The van der Waals surface area contributed by atoms with Crippen molar-refractivity contribution < 1.29 is 28.5 Å². The molecule has 5 aromatic rings. The number of hydrogen-bond acceptors (Lipinski definition) is 8. The summed E-state index contributed by atoms with van der Waals surface area (Å²) in [5, 5.41) is 0.902. The largest absolute Gasteiger partial charge is 0.493 e. The summed E-state index contributed by atoms with van der Waals surface area (Å²) in [6.45, 7) is 0.436. The van der Waals surface area contributed by atoms with Gasteiger partial charge in [-0.2, -0.15) is 0 Å². The maximum Gasteiger partial charge on any atom is 0.355 e. The minimum absolute atomic E-state index is 0.0824. The summed E-state index contributed by atoms with van der Waals surface area (Å²) in [5.41, 5.74) is 2.52. The number of methoxy groups -OCH3 is 4. The Balaban J connectivity index is 1.80. The maximum absolute atomic E-state index is 14.1. The lowest BCUT2D eigenvalue weighted by Gasteiger charge is -2.21. The smallest absolute Gasteiger partial charge is 0.355 e. The zero-order valence-electron chi connectivity index (χ0n) is 23.7. The summed E-state index contributed by atoms with van der Waals surface area (Å²) in [6, 6.07) is 22.1. The van der Waals surface area contributed by atoms with Crippen LogP contribution in [0, 0.1) is 0 Å². The van der Waals surface area contributed by atoms with Crippen molar-refractivity contribution in [3.63, 3.8) is 0 Å². The average Bonchev–Trinajstić information content (AvgIpc) is 3.04. The highest BCUT2D eigenvalue weighted by molar-refractivity contribution is 6.07. The van der Waals surface area contributed by atoms with Crippen molar-refractivity contribution in [1.29, 1.82) is 0 Å². The molecular formula is C33H30N2O7. The summed E-state index contributed by atoms with van der Waals surface area (Å²) >= 11 is 0. The number of fused-ring (bicyclic) bond motifs is 1. The number of rotatable bonds is 10. The molecule has 0 fully saturated rings. The Labute approximate surface area is 242 Å². The molecule has 0 aliphatic heterocycles. The van der Waals surface area contributed by atoms with Gasteiger partial charge in [0.2, 0.25) is 5.75 Å². The molecule has 0 aliphatic carbocycles. The summed E-state index contributed by atoms with van der Waals surface area (Å²) < 4.78 is 29.4. The molecule has 0 saturated carbocycles. The number of benzene rings is 3. The van der Waals surface area contributed by atoms with Crippen LogP contribution in [0.3, 0.4) is 0 Å². The third-order valence-corrected chi connectivity index (χ3v) is 6.91. The van der Waals surface area contributed by atoms with Crippen molar-refractivity contribution in [2.75, 3.05) is 28.4 Å². The molecule has 42 heavy (non-hydrogen) atoms. The van der Waals surface area contributed by atoms with Gasteiger partial charge in [0.1, 0.15) is 18.1 Å². The second-order valence-corrected chi connectivity index (χ2v) is 9.36. The van der Waals surface area contributed by atoms with Crippen molar-refractivity contribution in [2.45, 2.75) is 13.2 Å². The van der Waals surface area contributed by atoms with Crippen LogP contribution in [0.5, 0.6) is 23.0 Å². The first-order valence-corrected chi connectivity index (χ1v) is 13.1. The van der Waals surface area contributed by atoms with E-state index < -0.39 is 5.97 Å². The Hall–Kier alpha value is -5.31. The first kappa shape index (κ1) is 28.2. The van der Waals surface area contributed by atoms with E-state index in [2.05, 4.69) is 4.98 Å². The van der Waals surface area contributed by atoms with E-state index in [1.54, 1.807) is 54.9 Å². The number of pyridine rings is 2. The van der Waals surface area contributed by atoms with Crippen LogP contribution < -0.4 is 24.5 Å². The quantitative estimate of drug-likeness (QED) is 0.204. The summed E-state index contributed by atoms with van der Waals surface area (Å²) in [5.74, 6) is 1.03. The first-order valence-electron chi connectivity index (χ1n) is 13.1. The van der Waals surface area contributed by atoms with E-state index in [-0.39, 0.29) is 17.8 Å². The van der Waals surface area contributed by atoms with Crippen LogP contribution in [-0.4, -0.2) is 44.0 Å². The van der Waals surface area contributed by atoms with E-state index >= 15 is 0 Å². The second-order valence-electron chi connectivity index (χ2n) is 9.36. The van der Waals surface area contributed by atoms with Crippen molar-refractivity contribution in [3.8, 4) is 34.1 Å². The van der Waals surface area contributed by atoms with Crippen LogP contribution in [0.15, 0.2) is 90.0 Å². The van der Waals surface area contributed by atoms with Gasteiger partial charge < -0.3 is 23.7 Å².